The Morgan fingerprint density at radius 3 is 2.55 bits per heavy atom. The highest BCUT2D eigenvalue weighted by Gasteiger charge is 2.30. The van der Waals surface area contributed by atoms with Crippen LogP contribution in [-0.2, 0) is 12.7 Å². The van der Waals surface area contributed by atoms with Crippen LogP contribution in [0.2, 0.25) is 0 Å². The number of nitrogens with one attached hydrogen (secondary N) is 2. The van der Waals surface area contributed by atoms with E-state index in [2.05, 4.69) is 20.8 Å². The Morgan fingerprint density at radius 1 is 1.18 bits per heavy atom. The summed E-state index contributed by atoms with van der Waals surface area (Å²) in [6, 6.07) is 8.01. The van der Waals surface area contributed by atoms with Gasteiger partial charge in [-0.3, -0.25) is 4.79 Å². The van der Waals surface area contributed by atoms with E-state index in [1.807, 2.05) is 0 Å². The SMILES string of the molecule is CNC(=O)c1ccc(NCc2cccc(C(F)(F)F)c2)nn1. The molecule has 1 aromatic heterocycles. The second-order valence-electron chi connectivity index (χ2n) is 4.43. The number of carbonyl (C=O) groups excluding carboxylic acids is 1. The number of hydrogen-bond donors (Lipinski definition) is 2. The third kappa shape index (κ3) is 3.94. The molecule has 0 atom stereocenters. The van der Waals surface area contributed by atoms with Crippen LogP contribution in [0.3, 0.4) is 0 Å². The molecule has 22 heavy (non-hydrogen) atoms. The van der Waals surface area contributed by atoms with Crippen LogP contribution in [0.25, 0.3) is 0 Å². The molecule has 0 saturated carbocycles. The fourth-order valence-electron chi connectivity index (χ4n) is 1.73. The Kier molecular flexibility index (Phi) is 4.59. The monoisotopic (exact) mass is 310 g/mol. The Hall–Kier alpha value is -2.64. The maximum absolute atomic E-state index is 12.6. The van der Waals surface area contributed by atoms with E-state index in [9.17, 15) is 18.0 Å². The van der Waals surface area contributed by atoms with Gasteiger partial charge in [0.25, 0.3) is 5.91 Å². The van der Waals surface area contributed by atoms with Crippen LogP contribution in [0.4, 0.5) is 19.0 Å². The first-order valence-corrected chi connectivity index (χ1v) is 6.36. The first-order chi connectivity index (χ1) is 10.4. The molecule has 1 amide bonds. The topological polar surface area (TPSA) is 66.9 Å². The first-order valence-electron chi connectivity index (χ1n) is 6.36. The lowest BCUT2D eigenvalue weighted by Crippen LogP contribution is -2.19. The van der Waals surface area contributed by atoms with Gasteiger partial charge in [0.2, 0.25) is 0 Å². The van der Waals surface area contributed by atoms with Crippen LogP contribution in [-0.4, -0.2) is 23.2 Å². The van der Waals surface area contributed by atoms with Crippen molar-refractivity contribution < 1.29 is 18.0 Å². The van der Waals surface area contributed by atoms with E-state index in [1.165, 1.54) is 25.2 Å². The van der Waals surface area contributed by atoms with Crippen LogP contribution >= 0.6 is 0 Å². The highest BCUT2D eigenvalue weighted by atomic mass is 19.4. The highest BCUT2D eigenvalue weighted by Crippen LogP contribution is 2.29. The number of alkyl halides is 3. The van der Waals surface area contributed by atoms with E-state index >= 15 is 0 Å². The lowest BCUT2D eigenvalue weighted by molar-refractivity contribution is -0.137. The zero-order chi connectivity index (χ0) is 16.2. The molecular weight excluding hydrogens is 297 g/mol. The number of hydrogen-bond acceptors (Lipinski definition) is 4. The zero-order valence-electron chi connectivity index (χ0n) is 11.6. The number of benzene rings is 1. The Labute approximate surface area is 124 Å². The van der Waals surface area contributed by atoms with Crippen molar-refractivity contribution in [2.24, 2.45) is 0 Å². The molecule has 0 unspecified atom stereocenters. The van der Waals surface area contributed by atoms with Crippen molar-refractivity contribution in [1.29, 1.82) is 0 Å². The van der Waals surface area contributed by atoms with Gasteiger partial charge < -0.3 is 10.6 Å². The number of amides is 1. The number of anilines is 1. The Bertz CT molecular complexity index is 656. The molecule has 5 nitrogen and oxygen atoms in total. The largest absolute Gasteiger partial charge is 0.416 e. The summed E-state index contributed by atoms with van der Waals surface area (Å²) >= 11 is 0. The fraction of sp³-hybridized carbons (Fsp3) is 0.214. The number of nitrogens with zero attached hydrogens (tertiary/aromatic N) is 2. The number of carbonyl (C=O) groups is 1. The Morgan fingerprint density at radius 2 is 1.95 bits per heavy atom. The van der Waals surface area contributed by atoms with Gasteiger partial charge in [-0.05, 0) is 29.8 Å². The minimum atomic E-state index is -4.37. The van der Waals surface area contributed by atoms with E-state index in [-0.39, 0.29) is 18.1 Å². The van der Waals surface area contributed by atoms with Gasteiger partial charge in [-0.2, -0.15) is 13.2 Å². The third-order valence-electron chi connectivity index (χ3n) is 2.85. The van der Waals surface area contributed by atoms with E-state index in [1.54, 1.807) is 6.07 Å². The van der Waals surface area contributed by atoms with Gasteiger partial charge in [0.15, 0.2) is 5.69 Å². The molecule has 2 aromatic rings. The van der Waals surface area contributed by atoms with Gasteiger partial charge in [0.05, 0.1) is 5.56 Å². The lowest BCUT2D eigenvalue weighted by atomic mass is 10.1. The van der Waals surface area contributed by atoms with Crippen molar-refractivity contribution in [1.82, 2.24) is 15.5 Å². The normalized spacial score (nSPS) is 11.1. The second-order valence-corrected chi connectivity index (χ2v) is 4.43. The zero-order valence-corrected chi connectivity index (χ0v) is 11.6. The summed E-state index contributed by atoms with van der Waals surface area (Å²) in [6.45, 7) is 0.165. The Balaban J connectivity index is 2.03. The number of rotatable bonds is 4. The molecule has 0 spiro atoms. The van der Waals surface area contributed by atoms with Crippen LogP contribution in [0.1, 0.15) is 21.6 Å². The fourth-order valence-corrected chi connectivity index (χ4v) is 1.73. The van der Waals surface area contributed by atoms with Gasteiger partial charge in [0, 0.05) is 13.6 Å². The molecule has 0 aliphatic carbocycles. The molecule has 2 rings (SSSR count). The molecular formula is C14H13F3N4O. The average Bonchev–Trinajstić information content (AvgIpc) is 2.52. The summed E-state index contributed by atoms with van der Waals surface area (Å²) in [5, 5.41) is 12.8. The molecule has 1 heterocycles. The van der Waals surface area contributed by atoms with Gasteiger partial charge in [-0.1, -0.05) is 12.1 Å². The van der Waals surface area contributed by atoms with Crippen LogP contribution in [0.5, 0.6) is 0 Å². The molecule has 0 aliphatic rings. The van der Waals surface area contributed by atoms with Gasteiger partial charge in [-0.25, -0.2) is 0 Å². The number of aromatic nitrogens is 2. The summed E-state index contributed by atoms with van der Waals surface area (Å²) in [5.41, 5.74) is -0.0769. The van der Waals surface area contributed by atoms with Gasteiger partial charge in [-0.15, -0.1) is 10.2 Å². The summed E-state index contributed by atoms with van der Waals surface area (Å²) in [7, 11) is 1.48. The van der Waals surface area contributed by atoms with Crippen molar-refractivity contribution >= 4 is 11.7 Å². The van der Waals surface area contributed by atoms with Crippen molar-refractivity contribution in [3.05, 3.63) is 53.2 Å². The van der Waals surface area contributed by atoms with Crippen molar-refractivity contribution in [3.63, 3.8) is 0 Å². The number of halogens is 3. The predicted molar refractivity (Wildman–Crippen MR) is 74.2 cm³/mol. The summed E-state index contributed by atoms with van der Waals surface area (Å²) in [6.07, 6.45) is -4.37. The van der Waals surface area contributed by atoms with E-state index in [0.29, 0.717) is 11.4 Å². The highest BCUT2D eigenvalue weighted by molar-refractivity contribution is 5.91. The quantitative estimate of drug-likeness (QED) is 0.910. The van der Waals surface area contributed by atoms with Gasteiger partial charge >= 0.3 is 6.18 Å². The molecule has 0 saturated heterocycles. The molecule has 0 bridgehead atoms. The molecule has 0 radical (unpaired) electrons. The van der Waals surface area contributed by atoms with Crippen LogP contribution in [0, 0.1) is 0 Å². The molecule has 0 aliphatic heterocycles. The summed E-state index contributed by atoms with van der Waals surface area (Å²) < 4.78 is 37.8. The van der Waals surface area contributed by atoms with E-state index < -0.39 is 11.7 Å². The molecule has 8 heteroatoms. The van der Waals surface area contributed by atoms with Crippen molar-refractivity contribution in [3.8, 4) is 0 Å². The molecule has 0 fully saturated rings. The minimum absolute atomic E-state index is 0.159. The molecule has 116 valence electrons. The first kappa shape index (κ1) is 15.7. The minimum Gasteiger partial charge on any atom is -0.365 e. The van der Waals surface area contributed by atoms with Gasteiger partial charge in [0.1, 0.15) is 5.82 Å². The molecule has 2 N–H and O–H groups in total. The smallest absolute Gasteiger partial charge is 0.365 e. The third-order valence-corrected chi connectivity index (χ3v) is 2.85. The van der Waals surface area contributed by atoms with E-state index in [0.717, 1.165) is 12.1 Å². The van der Waals surface area contributed by atoms with Crippen LogP contribution < -0.4 is 10.6 Å². The van der Waals surface area contributed by atoms with E-state index in [4.69, 9.17) is 0 Å². The predicted octanol–water partition coefficient (Wildman–Crippen LogP) is 2.47. The lowest BCUT2D eigenvalue weighted by Gasteiger charge is -2.09. The summed E-state index contributed by atoms with van der Waals surface area (Å²) in [4.78, 5) is 11.3. The summed E-state index contributed by atoms with van der Waals surface area (Å²) in [5.74, 6) is 0.00185. The van der Waals surface area contributed by atoms with Crippen molar-refractivity contribution in [2.75, 3.05) is 12.4 Å². The maximum Gasteiger partial charge on any atom is 0.416 e. The van der Waals surface area contributed by atoms with Crippen molar-refractivity contribution in [2.45, 2.75) is 12.7 Å². The maximum atomic E-state index is 12.6. The average molecular weight is 310 g/mol. The van der Waals surface area contributed by atoms with Crippen LogP contribution in [0.15, 0.2) is 36.4 Å². The molecule has 1 aromatic carbocycles. The second kappa shape index (κ2) is 6.42. The standard InChI is InChI=1S/C14H13F3N4O/c1-18-13(22)11-5-6-12(21-20-11)19-8-9-3-2-4-10(7-9)14(15,16)17/h2-7H,8H2,1H3,(H,18,22)(H,19,21).